The molecule has 0 atom stereocenters. The van der Waals surface area contributed by atoms with Gasteiger partial charge in [0.25, 0.3) is 0 Å². The molecule has 1 heterocycles. The van der Waals surface area contributed by atoms with Crippen LogP contribution < -0.4 is 0 Å². The van der Waals surface area contributed by atoms with Crippen LogP contribution in [-0.2, 0) is 17.8 Å². The highest BCUT2D eigenvalue weighted by molar-refractivity contribution is 5.90. The Morgan fingerprint density at radius 2 is 1.87 bits per heavy atom. The quantitative estimate of drug-likeness (QED) is 0.832. The minimum atomic E-state index is -0.140. The monoisotopic (exact) mass is 204 g/mol. The van der Waals surface area contributed by atoms with Gasteiger partial charge in [-0.25, -0.2) is 0 Å². The summed E-state index contributed by atoms with van der Waals surface area (Å²) in [6.45, 7) is 1.38. The normalized spacial score (nSPS) is 10.8. The number of hydrogen-bond acceptors (Lipinski definition) is 3. The second kappa shape index (κ2) is 3.87. The molecule has 0 aliphatic carbocycles. The van der Waals surface area contributed by atoms with Gasteiger partial charge in [0, 0.05) is 10.8 Å². The summed E-state index contributed by atoms with van der Waals surface area (Å²) in [6, 6.07) is 7.56. The largest absolute Gasteiger partial charge is 0.462 e. The van der Waals surface area contributed by atoms with Gasteiger partial charge in [0.1, 0.15) is 23.9 Å². The van der Waals surface area contributed by atoms with Gasteiger partial charge in [-0.05, 0) is 6.92 Å². The summed E-state index contributed by atoms with van der Waals surface area (Å²) in [5.41, 5.74) is 0. The third-order valence-corrected chi connectivity index (χ3v) is 2.33. The van der Waals surface area contributed by atoms with Crippen molar-refractivity contribution in [1.82, 2.24) is 0 Å². The minimum absolute atomic E-state index is 0.0546. The van der Waals surface area contributed by atoms with Crippen LogP contribution in [0.25, 0.3) is 10.8 Å². The van der Waals surface area contributed by atoms with E-state index in [0.717, 1.165) is 10.8 Å². The Hall–Kier alpha value is -1.61. The molecule has 0 aliphatic rings. The SMILES string of the molecule is CC(=O)Cc1oc(CO)c2ccccc12. The lowest BCUT2D eigenvalue weighted by atomic mass is 10.1. The van der Waals surface area contributed by atoms with Crippen molar-refractivity contribution in [3.8, 4) is 0 Å². The van der Waals surface area contributed by atoms with Gasteiger partial charge in [-0.3, -0.25) is 4.79 Å². The molecule has 2 rings (SSSR count). The molecule has 78 valence electrons. The third-order valence-electron chi connectivity index (χ3n) is 2.33. The Kier molecular flexibility index (Phi) is 2.56. The van der Waals surface area contributed by atoms with Crippen molar-refractivity contribution >= 4 is 16.6 Å². The highest BCUT2D eigenvalue weighted by Gasteiger charge is 2.12. The van der Waals surface area contributed by atoms with Crippen molar-refractivity contribution in [1.29, 1.82) is 0 Å². The van der Waals surface area contributed by atoms with Crippen LogP contribution >= 0.6 is 0 Å². The second-order valence-electron chi connectivity index (χ2n) is 3.53. The highest BCUT2D eigenvalue weighted by Crippen LogP contribution is 2.26. The smallest absolute Gasteiger partial charge is 0.137 e. The number of aliphatic hydroxyl groups is 1. The molecule has 0 unspecified atom stereocenters. The maximum absolute atomic E-state index is 11.0. The molecule has 15 heavy (non-hydrogen) atoms. The van der Waals surface area contributed by atoms with E-state index < -0.39 is 0 Å². The van der Waals surface area contributed by atoms with Gasteiger partial charge in [-0.15, -0.1) is 0 Å². The Bertz CT molecular complexity index is 497. The summed E-state index contributed by atoms with van der Waals surface area (Å²) in [6.07, 6.45) is 0.278. The molecule has 0 saturated heterocycles. The lowest BCUT2D eigenvalue weighted by Gasteiger charge is -1.92. The van der Waals surface area contributed by atoms with E-state index in [1.807, 2.05) is 24.3 Å². The summed E-state index contributed by atoms with van der Waals surface area (Å²) in [5, 5.41) is 10.9. The molecular formula is C12H12O3. The molecule has 3 heteroatoms. The summed E-state index contributed by atoms with van der Waals surface area (Å²) in [4.78, 5) is 11.0. The molecule has 0 fully saturated rings. The van der Waals surface area contributed by atoms with E-state index in [2.05, 4.69) is 0 Å². The van der Waals surface area contributed by atoms with Crippen molar-refractivity contribution < 1.29 is 14.3 Å². The molecule has 0 spiro atoms. The molecule has 0 amide bonds. The van der Waals surface area contributed by atoms with Crippen molar-refractivity contribution in [2.75, 3.05) is 0 Å². The fourth-order valence-electron chi connectivity index (χ4n) is 1.70. The van der Waals surface area contributed by atoms with Gasteiger partial charge in [0.05, 0.1) is 6.42 Å². The molecule has 0 radical (unpaired) electrons. The molecule has 2 aromatic rings. The number of carbonyl (C=O) groups excluding carboxylic acids is 1. The zero-order valence-corrected chi connectivity index (χ0v) is 8.49. The molecule has 0 aliphatic heterocycles. The van der Waals surface area contributed by atoms with Gasteiger partial charge in [0.2, 0.25) is 0 Å². The highest BCUT2D eigenvalue weighted by atomic mass is 16.4. The number of benzene rings is 1. The maximum Gasteiger partial charge on any atom is 0.137 e. The van der Waals surface area contributed by atoms with E-state index in [-0.39, 0.29) is 18.8 Å². The van der Waals surface area contributed by atoms with E-state index in [4.69, 9.17) is 9.52 Å². The van der Waals surface area contributed by atoms with Crippen LogP contribution in [0.2, 0.25) is 0 Å². The predicted octanol–water partition coefficient (Wildman–Crippen LogP) is 2.06. The first-order valence-corrected chi connectivity index (χ1v) is 4.82. The third kappa shape index (κ3) is 1.78. The van der Waals surface area contributed by atoms with Gasteiger partial charge in [0.15, 0.2) is 0 Å². The van der Waals surface area contributed by atoms with E-state index >= 15 is 0 Å². The zero-order chi connectivity index (χ0) is 10.8. The fraction of sp³-hybridized carbons (Fsp3) is 0.250. The number of furan rings is 1. The number of Topliss-reactive ketones (excluding diaryl/α,β-unsaturated/α-hetero) is 1. The number of carbonyl (C=O) groups is 1. The maximum atomic E-state index is 11.0. The lowest BCUT2D eigenvalue weighted by molar-refractivity contribution is -0.116. The number of hydrogen-bond donors (Lipinski definition) is 1. The van der Waals surface area contributed by atoms with Crippen LogP contribution in [0.3, 0.4) is 0 Å². The Balaban J connectivity index is 2.59. The minimum Gasteiger partial charge on any atom is -0.462 e. The first kappa shape index (κ1) is 9.93. The average molecular weight is 204 g/mol. The van der Waals surface area contributed by atoms with E-state index in [9.17, 15) is 4.79 Å². The van der Waals surface area contributed by atoms with Crippen LogP contribution in [0.5, 0.6) is 0 Å². The molecule has 3 nitrogen and oxygen atoms in total. The number of aliphatic hydroxyl groups excluding tert-OH is 1. The standard InChI is InChI=1S/C12H12O3/c1-8(14)6-11-9-4-2-3-5-10(9)12(7-13)15-11/h2-5,13H,6-7H2,1H3. The predicted molar refractivity (Wildman–Crippen MR) is 56.5 cm³/mol. The van der Waals surface area contributed by atoms with Gasteiger partial charge in [-0.2, -0.15) is 0 Å². The summed E-state index contributed by atoms with van der Waals surface area (Å²) >= 11 is 0. The van der Waals surface area contributed by atoms with Crippen molar-refractivity contribution in [2.24, 2.45) is 0 Å². The van der Waals surface area contributed by atoms with Crippen molar-refractivity contribution in [3.05, 3.63) is 35.8 Å². The second-order valence-corrected chi connectivity index (χ2v) is 3.53. The van der Waals surface area contributed by atoms with Crippen LogP contribution in [0.1, 0.15) is 18.4 Å². The van der Waals surface area contributed by atoms with Crippen LogP contribution in [0, 0.1) is 0 Å². The summed E-state index contributed by atoms with van der Waals surface area (Å²) in [5.74, 6) is 1.22. The van der Waals surface area contributed by atoms with E-state index in [1.54, 1.807) is 0 Å². The summed E-state index contributed by atoms with van der Waals surface area (Å²) in [7, 11) is 0. The molecule has 1 aromatic carbocycles. The van der Waals surface area contributed by atoms with E-state index in [0.29, 0.717) is 11.5 Å². The molecule has 0 bridgehead atoms. The summed E-state index contributed by atoms with van der Waals surface area (Å²) < 4.78 is 5.45. The molecule has 1 aromatic heterocycles. The number of ketones is 1. The molecule has 0 saturated carbocycles. The lowest BCUT2D eigenvalue weighted by Crippen LogP contribution is -1.94. The average Bonchev–Trinajstić information content (AvgIpc) is 2.56. The van der Waals surface area contributed by atoms with Gasteiger partial charge < -0.3 is 9.52 Å². The van der Waals surface area contributed by atoms with Gasteiger partial charge >= 0.3 is 0 Å². The van der Waals surface area contributed by atoms with E-state index in [1.165, 1.54) is 6.92 Å². The molecule has 1 N–H and O–H groups in total. The van der Waals surface area contributed by atoms with Crippen LogP contribution in [0.4, 0.5) is 0 Å². The topological polar surface area (TPSA) is 50.4 Å². The number of fused-ring (bicyclic) bond motifs is 1. The van der Waals surface area contributed by atoms with Crippen molar-refractivity contribution in [2.45, 2.75) is 20.0 Å². The first-order chi connectivity index (χ1) is 7.22. The molecular weight excluding hydrogens is 192 g/mol. The number of rotatable bonds is 3. The Morgan fingerprint density at radius 3 is 2.40 bits per heavy atom. The van der Waals surface area contributed by atoms with Gasteiger partial charge in [-0.1, -0.05) is 24.3 Å². The Labute approximate surface area is 87.3 Å². The zero-order valence-electron chi connectivity index (χ0n) is 8.49. The van der Waals surface area contributed by atoms with Crippen molar-refractivity contribution in [3.63, 3.8) is 0 Å². The fourth-order valence-corrected chi connectivity index (χ4v) is 1.70. The van der Waals surface area contributed by atoms with Crippen LogP contribution in [-0.4, -0.2) is 10.9 Å². The van der Waals surface area contributed by atoms with Crippen LogP contribution in [0.15, 0.2) is 28.7 Å². The Morgan fingerprint density at radius 1 is 1.27 bits per heavy atom. The first-order valence-electron chi connectivity index (χ1n) is 4.82.